The van der Waals surface area contributed by atoms with Crippen molar-refractivity contribution in [2.45, 2.75) is 25.2 Å². The molecule has 4 nitrogen and oxygen atoms in total. The molecule has 0 saturated heterocycles. The van der Waals surface area contributed by atoms with E-state index >= 15 is 0 Å². The summed E-state index contributed by atoms with van der Waals surface area (Å²) in [5.41, 5.74) is 1.70. The first kappa shape index (κ1) is 16.2. The van der Waals surface area contributed by atoms with E-state index in [1.165, 1.54) is 17.7 Å². The quantitative estimate of drug-likeness (QED) is 0.852. The van der Waals surface area contributed by atoms with Crippen LogP contribution in [0.2, 0.25) is 0 Å². The Balaban J connectivity index is 1.54. The first-order valence-electron chi connectivity index (χ1n) is 7.88. The van der Waals surface area contributed by atoms with E-state index in [1.54, 1.807) is 0 Å². The number of amides is 1. The number of halogens is 1. The first-order chi connectivity index (χ1) is 11.5. The van der Waals surface area contributed by atoms with Gasteiger partial charge in [0.25, 0.3) is 0 Å². The van der Waals surface area contributed by atoms with Crippen LogP contribution in [-0.4, -0.2) is 17.0 Å². The second kappa shape index (κ2) is 6.83. The Morgan fingerprint density at radius 1 is 1.17 bits per heavy atom. The summed E-state index contributed by atoms with van der Waals surface area (Å²) in [5.74, 6) is -1.12. The van der Waals surface area contributed by atoms with Crippen molar-refractivity contribution in [2.24, 2.45) is 5.92 Å². The van der Waals surface area contributed by atoms with Crippen LogP contribution in [0, 0.1) is 11.7 Å². The molecule has 1 aliphatic rings. The number of aliphatic carboxylic acids is 1. The molecule has 3 rings (SSSR count). The van der Waals surface area contributed by atoms with Gasteiger partial charge in [0.1, 0.15) is 5.82 Å². The lowest BCUT2D eigenvalue weighted by molar-refractivity contribution is -0.136. The molecule has 1 aliphatic carbocycles. The number of nitrogens with one attached hydrogen (secondary N) is 1. The van der Waals surface area contributed by atoms with Gasteiger partial charge in [-0.3, -0.25) is 9.59 Å². The van der Waals surface area contributed by atoms with Gasteiger partial charge in [0.2, 0.25) is 5.91 Å². The zero-order valence-corrected chi connectivity index (χ0v) is 13.0. The van der Waals surface area contributed by atoms with Gasteiger partial charge >= 0.3 is 5.97 Å². The minimum absolute atomic E-state index is 0.104. The highest BCUT2D eigenvalue weighted by molar-refractivity contribution is 5.91. The zero-order valence-electron chi connectivity index (χ0n) is 13.0. The summed E-state index contributed by atoms with van der Waals surface area (Å²) >= 11 is 0. The molecule has 2 aromatic rings. The van der Waals surface area contributed by atoms with E-state index in [-0.39, 0.29) is 17.9 Å². The van der Waals surface area contributed by atoms with Crippen molar-refractivity contribution in [2.75, 3.05) is 5.32 Å². The normalized spacial score (nSPS) is 18.9. The third-order valence-electron chi connectivity index (χ3n) is 4.28. The third kappa shape index (κ3) is 3.98. The Bertz CT molecular complexity index is 760. The van der Waals surface area contributed by atoms with Crippen molar-refractivity contribution in [3.05, 3.63) is 65.5 Å². The van der Waals surface area contributed by atoms with E-state index in [2.05, 4.69) is 17.4 Å². The molecule has 2 atom stereocenters. The topological polar surface area (TPSA) is 66.4 Å². The van der Waals surface area contributed by atoms with Crippen LogP contribution in [0.15, 0.2) is 48.5 Å². The lowest BCUT2D eigenvalue weighted by Gasteiger charge is -2.07. The fourth-order valence-corrected chi connectivity index (χ4v) is 2.96. The molecule has 1 saturated carbocycles. The van der Waals surface area contributed by atoms with Crippen LogP contribution in [0.4, 0.5) is 10.1 Å². The predicted octanol–water partition coefficient (Wildman–Crippen LogP) is 3.59. The van der Waals surface area contributed by atoms with Crippen molar-refractivity contribution in [3.8, 4) is 0 Å². The van der Waals surface area contributed by atoms with Gasteiger partial charge < -0.3 is 10.4 Å². The fraction of sp³-hybridized carbons (Fsp3) is 0.263. The van der Waals surface area contributed by atoms with Crippen LogP contribution in [0.25, 0.3) is 0 Å². The van der Waals surface area contributed by atoms with Crippen LogP contribution in [0.3, 0.4) is 0 Å². The molecule has 0 unspecified atom stereocenters. The largest absolute Gasteiger partial charge is 0.481 e. The van der Waals surface area contributed by atoms with E-state index in [0.29, 0.717) is 23.9 Å². The maximum atomic E-state index is 13.8. The molecule has 24 heavy (non-hydrogen) atoms. The van der Waals surface area contributed by atoms with Crippen LogP contribution in [0.5, 0.6) is 0 Å². The molecule has 0 aromatic heterocycles. The fourth-order valence-electron chi connectivity index (χ4n) is 2.96. The van der Waals surface area contributed by atoms with Gasteiger partial charge in [-0.25, -0.2) is 4.39 Å². The Morgan fingerprint density at radius 2 is 1.92 bits per heavy atom. The van der Waals surface area contributed by atoms with E-state index in [4.69, 9.17) is 5.11 Å². The second-order valence-electron chi connectivity index (χ2n) is 6.14. The Labute approximate surface area is 139 Å². The Hall–Kier alpha value is -2.69. The lowest BCUT2D eigenvalue weighted by Crippen LogP contribution is -2.13. The summed E-state index contributed by atoms with van der Waals surface area (Å²) in [4.78, 5) is 22.7. The van der Waals surface area contributed by atoms with Crippen molar-refractivity contribution < 1.29 is 19.1 Å². The minimum atomic E-state index is -1.09. The minimum Gasteiger partial charge on any atom is -0.481 e. The molecule has 0 bridgehead atoms. The van der Waals surface area contributed by atoms with E-state index < -0.39 is 11.8 Å². The van der Waals surface area contributed by atoms with Crippen molar-refractivity contribution >= 4 is 17.6 Å². The summed E-state index contributed by atoms with van der Waals surface area (Å²) in [6.07, 6.45) is 1.02. The number of rotatable bonds is 6. The van der Waals surface area contributed by atoms with Crippen molar-refractivity contribution in [1.82, 2.24) is 0 Å². The van der Waals surface area contributed by atoms with E-state index in [9.17, 15) is 14.0 Å². The van der Waals surface area contributed by atoms with Crippen molar-refractivity contribution in [1.29, 1.82) is 0 Å². The zero-order chi connectivity index (χ0) is 17.1. The van der Waals surface area contributed by atoms with Gasteiger partial charge in [-0.2, -0.15) is 0 Å². The standard InChI is InChI=1S/C19H18FNO3/c20-17-11-15(7-6-13(17)10-19(23)24)21-18(22)9-14-8-16(14)12-4-2-1-3-5-12/h1-7,11,14,16H,8-10H2,(H,21,22)(H,23,24)/t14-,16-/m0/s1. The van der Waals surface area contributed by atoms with Gasteiger partial charge in [-0.1, -0.05) is 36.4 Å². The Kier molecular flexibility index (Phi) is 4.60. The summed E-state index contributed by atoms with van der Waals surface area (Å²) in [6.45, 7) is 0. The van der Waals surface area contributed by atoms with Crippen LogP contribution in [0.1, 0.15) is 29.9 Å². The number of carboxylic acids is 1. The maximum Gasteiger partial charge on any atom is 0.307 e. The highest BCUT2D eigenvalue weighted by atomic mass is 19.1. The SMILES string of the molecule is O=C(O)Cc1ccc(NC(=O)C[C@@H]2C[C@H]2c2ccccc2)cc1F. The molecule has 2 N–H and O–H groups in total. The summed E-state index contributed by atoms with van der Waals surface area (Å²) in [5, 5.41) is 11.4. The highest BCUT2D eigenvalue weighted by Gasteiger charge is 2.39. The van der Waals surface area contributed by atoms with Gasteiger partial charge in [-0.15, -0.1) is 0 Å². The molecule has 1 amide bonds. The summed E-state index contributed by atoms with van der Waals surface area (Å²) < 4.78 is 13.8. The number of hydrogen-bond acceptors (Lipinski definition) is 2. The number of carbonyl (C=O) groups excluding carboxylic acids is 1. The average molecular weight is 327 g/mol. The molecule has 2 aromatic carbocycles. The molecule has 0 spiro atoms. The molecule has 124 valence electrons. The number of hydrogen-bond donors (Lipinski definition) is 2. The number of carboxylic acid groups (broad SMARTS) is 1. The predicted molar refractivity (Wildman–Crippen MR) is 88.3 cm³/mol. The van der Waals surface area contributed by atoms with Crippen molar-refractivity contribution in [3.63, 3.8) is 0 Å². The molecule has 0 heterocycles. The summed E-state index contributed by atoms with van der Waals surface area (Å²) in [7, 11) is 0. The maximum absolute atomic E-state index is 13.8. The van der Waals surface area contributed by atoms with Crippen LogP contribution >= 0.6 is 0 Å². The lowest BCUT2D eigenvalue weighted by atomic mass is 10.1. The van der Waals surface area contributed by atoms with Gasteiger partial charge in [-0.05, 0) is 41.5 Å². The van der Waals surface area contributed by atoms with Gasteiger partial charge in [0.15, 0.2) is 0 Å². The molecular weight excluding hydrogens is 309 g/mol. The first-order valence-corrected chi connectivity index (χ1v) is 7.88. The molecule has 0 aliphatic heterocycles. The molecular formula is C19H18FNO3. The average Bonchev–Trinajstić information content (AvgIpc) is 3.29. The van der Waals surface area contributed by atoms with Crippen LogP contribution < -0.4 is 5.32 Å². The summed E-state index contributed by atoms with van der Waals surface area (Å²) in [6, 6.07) is 14.2. The van der Waals surface area contributed by atoms with Gasteiger partial charge in [0.05, 0.1) is 6.42 Å². The number of carbonyl (C=O) groups is 2. The number of anilines is 1. The smallest absolute Gasteiger partial charge is 0.307 e. The molecule has 1 fully saturated rings. The third-order valence-corrected chi connectivity index (χ3v) is 4.28. The number of benzene rings is 2. The second-order valence-corrected chi connectivity index (χ2v) is 6.14. The van der Waals surface area contributed by atoms with E-state index in [1.807, 2.05) is 18.2 Å². The molecule has 5 heteroatoms. The highest BCUT2D eigenvalue weighted by Crippen LogP contribution is 2.49. The van der Waals surface area contributed by atoms with E-state index in [0.717, 1.165) is 12.5 Å². The Morgan fingerprint density at radius 3 is 2.58 bits per heavy atom. The van der Waals surface area contributed by atoms with Gasteiger partial charge in [0, 0.05) is 12.1 Å². The molecule has 0 radical (unpaired) electrons. The monoisotopic (exact) mass is 327 g/mol. The van der Waals surface area contributed by atoms with Crippen LogP contribution in [-0.2, 0) is 16.0 Å².